The Morgan fingerprint density at radius 2 is 1.94 bits per heavy atom. The molecular formula is C15H25NO. The smallest absolute Gasteiger partial charge is 0.0484 e. The van der Waals surface area contributed by atoms with Gasteiger partial charge in [0.05, 0.1) is 0 Å². The molecule has 0 radical (unpaired) electrons. The van der Waals surface area contributed by atoms with E-state index >= 15 is 0 Å². The van der Waals surface area contributed by atoms with Crippen LogP contribution in [0.15, 0.2) is 18.2 Å². The van der Waals surface area contributed by atoms with Crippen molar-refractivity contribution in [1.82, 2.24) is 5.32 Å². The molecule has 2 nitrogen and oxygen atoms in total. The van der Waals surface area contributed by atoms with E-state index in [9.17, 15) is 0 Å². The summed E-state index contributed by atoms with van der Waals surface area (Å²) in [7, 11) is 2.01. The van der Waals surface area contributed by atoms with Gasteiger partial charge >= 0.3 is 0 Å². The fourth-order valence-electron chi connectivity index (χ4n) is 1.91. The normalized spacial score (nSPS) is 12.7. The van der Waals surface area contributed by atoms with Gasteiger partial charge in [-0.15, -0.1) is 0 Å². The first-order valence-electron chi connectivity index (χ1n) is 6.51. The third kappa shape index (κ3) is 4.49. The molecule has 0 aliphatic rings. The number of hydrogen-bond donors (Lipinski definition) is 1. The lowest BCUT2D eigenvalue weighted by molar-refractivity contribution is 0.125. The Balaban J connectivity index is 2.56. The molecule has 2 heteroatoms. The van der Waals surface area contributed by atoms with Crippen LogP contribution in [0.2, 0.25) is 0 Å². The van der Waals surface area contributed by atoms with Crippen LogP contribution in [0.25, 0.3) is 0 Å². The summed E-state index contributed by atoms with van der Waals surface area (Å²) >= 11 is 0. The summed E-state index contributed by atoms with van der Waals surface area (Å²) in [5.41, 5.74) is 4.07. The molecule has 0 fully saturated rings. The van der Waals surface area contributed by atoms with Gasteiger partial charge in [0.2, 0.25) is 0 Å². The topological polar surface area (TPSA) is 21.3 Å². The van der Waals surface area contributed by atoms with Crippen molar-refractivity contribution in [2.24, 2.45) is 0 Å². The molecule has 1 aromatic rings. The molecule has 0 amide bonds. The predicted octanol–water partition coefficient (Wildman–Crippen LogP) is 3.38. The Labute approximate surface area is 105 Å². The van der Waals surface area contributed by atoms with Crippen molar-refractivity contribution < 1.29 is 4.74 Å². The van der Waals surface area contributed by atoms with Crippen molar-refractivity contribution >= 4 is 0 Å². The van der Waals surface area contributed by atoms with E-state index < -0.39 is 0 Å². The second-order valence-corrected chi connectivity index (χ2v) is 4.59. The van der Waals surface area contributed by atoms with Gasteiger partial charge in [-0.3, -0.25) is 0 Å². The predicted molar refractivity (Wildman–Crippen MR) is 73.4 cm³/mol. The zero-order valence-corrected chi connectivity index (χ0v) is 11.5. The van der Waals surface area contributed by atoms with Crippen LogP contribution < -0.4 is 5.32 Å². The Morgan fingerprint density at radius 3 is 2.53 bits per heavy atom. The van der Waals surface area contributed by atoms with Crippen LogP contribution in [-0.4, -0.2) is 20.3 Å². The summed E-state index contributed by atoms with van der Waals surface area (Å²) in [5, 5.41) is 3.36. The maximum atomic E-state index is 5.55. The first-order chi connectivity index (χ1) is 8.19. The van der Waals surface area contributed by atoms with Crippen LogP contribution in [0.3, 0.4) is 0 Å². The zero-order chi connectivity index (χ0) is 12.7. The molecule has 17 heavy (non-hydrogen) atoms. The average molecular weight is 235 g/mol. The fourth-order valence-corrected chi connectivity index (χ4v) is 1.91. The Bertz CT molecular complexity index is 336. The van der Waals surface area contributed by atoms with Crippen molar-refractivity contribution in [2.75, 3.05) is 20.3 Å². The van der Waals surface area contributed by atoms with Gasteiger partial charge in [0.25, 0.3) is 0 Å². The van der Waals surface area contributed by atoms with Gasteiger partial charge < -0.3 is 10.1 Å². The maximum absolute atomic E-state index is 5.55. The van der Waals surface area contributed by atoms with E-state index in [1.54, 1.807) is 0 Å². The molecule has 0 spiro atoms. The monoisotopic (exact) mass is 235 g/mol. The van der Waals surface area contributed by atoms with E-state index in [0.29, 0.717) is 6.04 Å². The highest BCUT2D eigenvalue weighted by atomic mass is 16.5. The van der Waals surface area contributed by atoms with Gasteiger partial charge in [0.1, 0.15) is 0 Å². The van der Waals surface area contributed by atoms with Gasteiger partial charge in [-0.25, -0.2) is 0 Å². The lowest BCUT2D eigenvalue weighted by atomic mass is 9.99. The second kappa shape index (κ2) is 7.46. The molecule has 0 aromatic heterocycles. The van der Waals surface area contributed by atoms with E-state index in [4.69, 9.17) is 4.74 Å². The standard InChI is InChI=1S/C15H25NO/c1-5-9-17-10-8-15(16-4)14-7-6-12(2)13(3)11-14/h6-7,11,15-16H,5,8-10H2,1-4H3. The Kier molecular flexibility index (Phi) is 6.23. The SMILES string of the molecule is CCCOCCC(NC)c1ccc(C)c(C)c1. The molecule has 1 unspecified atom stereocenters. The number of benzene rings is 1. The van der Waals surface area contributed by atoms with Crippen molar-refractivity contribution in [3.63, 3.8) is 0 Å². The van der Waals surface area contributed by atoms with Crippen LogP contribution in [0.4, 0.5) is 0 Å². The lowest BCUT2D eigenvalue weighted by Gasteiger charge is -2.17. The summed E-state index contributed by atoms with van der Waals surface area (Å²) in [6.07, 6.45) is 2.12. The molecule has 0 heterocycles. The molecule has 1 aromatic carbocycles. The molecule has 1 atom stereocenters. The number of ether oxygens (including phenoxy) is 1. The van der Waals surface area contributed by atoms with Crippen molar-refractivity contribution in [1.29, 1.82) is 0 Å². The van der Waals surface area contributed by atoms with Crippen molar-refractivity contribution in [2.45, 2.75) is 39.7 Å². The molecule has 0 saturated carbocycles. The van der Waals surface area contributed by atoms with Gasteiger partial charge in [-0.05, 0) is 50.4 Å². The number of aryl methyl sites for hydroxylation is 2. The summed E-state index contributed by atoms with van der Waals surface area (Å²) in [6, 6.07) is 7.08. The summed E-state index contributed by atoms with van der Waals surface area (Å²) in [4.78, 5) is 0. The highest BCUT2D eigenvalue weighted by Crippen LogP contribution is 2.19. The Hall–Kier alpha value is -0.860. The molecular weight excluding hydrogens is 210 g/mol. The Morgan fingerprint density at radius 1 is 1.18 bits per heavy atom. The molecule has 0 saturated heterocycles. The van der Waals surface area contributed by atoms with Crippen LogP contribution in [0.1, 0.15) is 42.5 Å². The number of rotatable bonds is 7. The third-order valence-electron chi connectivity index (χ3n) is 3.18. The summed E-state index contributed by atoms with van der Waals surface area (Å²) < 4.78 is 5.55. The van der Waals surface area contributed by atoms with Crippen LogP contribution >= 0.6 is 0 Å². The zero-order valence-electron chi connectivity index (χ0n) is 11.5. The van der Waals surface area contributed by atoms with Gasteiger partial charge in [-0.2, -0.15) is 0 Å². The van der Waals surface area contributed by atoms with Crippen LogP contribution in [0, 0.1) is 13.8 Å². The molecule has 0 aliphatic heterocycles. The van der Waals surface area contributed by atoms with Crippen molar-refractivity contribution in [3.8, 4) is 0 Å². The van der Waals surface area contributed by atoms with E-state index in [1.807, 2.05) is 7.05 Å². The van der Waals surface area contributed by atoms with Gasteiger partial charge in [0.15, 0.2) is 0 Å². The quantitative estimate of drug-likeness (QED) is 0.732. The van der Waals surface area contributed by atoms with E-state index in [-0.39, 0.29) is 0 Å². The van der Waals surface area contributed by atoms with E-state index in [1.165, 1.54) is 16.7 Å². The summed E-state index contributed by atoms with van der Waals surface area (Å²) in [6.45, 7) is 8.14. The van der Waals surface area contributed by atoms with Crippen LogP contribution in [-0.2, 0) is 4.74 Å². The molecule has 1 rings (SSSR count). The summed E-state index contributed by atoms with van der Waals surface area (Å²) in [5.74, 6) is 0. The molecule has 1 N–H and O–H groups in total. The minimum atomic E-state index is 0.395. The number of nitrogens with one attached hydrogen (secondary N) is 1. The first kappa shape index (κ1) is 14.2. The minimum Gasteiger partial charge on any atom is -0.381 e. The van der Waals surface area contributed by atoms with E-state index in [0.717, 1.165) is 26.1 Å². The number of hydrogen-bond acceptors (Lipinski definition) is 2. The van der Waals surface area contributed by atoms with Gasteiger partial charge in [0, 0.05) is 19.3 Å². The lowest BCUT2D eigenvalue weighted by Crippen LogP contribution is -2.18. The molecule has 0 bridgehead atoms. The average Bonchev–Trinajstić information content (AvgIpc) is 2.33. The van der Waals surface area contributed by atoms with Crippen molar-refractivity contribution in [3.05, 3.63) is 34.9 Å². The third-order valence-corrected chi connectivity index (χ3v) is 3.18. The second-order valence-electron chi connectivity index (χ2n) is 4.59. The first-order valence-corrected chi connectivity index (χ1v) is 6.51. The fraction of sp³-hybridized carbons (Fsp3) is 0.600. The van der Waals surface area contributed by atoms with E-state index in [2.05, 4.69) is 44.3 Å². The molecule has 96 valence electrons. The van der Waals surface area contributed by atoms with Crippen LogP contribution in [0.5, 0.6) is 0 Å². The highest BCUT2D eigenvalue weighted by molar-refractivity contribution is 5.31. The van der Waals surface area contributed by atoms with Gasteiger partial charge in [-0.1, -0.05) is 25.1 Å². The minimum absolute atomic E-state index is 0.395. The largest absolute Gasteiger partial charge is 0.381 e. The maximum Gasteiger partial charge on any atom is 0.0484 e. The highest BCUT2D eigenvalue weighted by Gasteiger charge is 2.09. The molecule has 0 aliphatic carbocycles.